The maximum atomic E-state index is 14.4. The van der Waals surface area contributed by atoms with E-state index in [1.165, 1.54) is 10.7 Å². The van der Waals surface area contributed by atoms with Crippen LogP contribution in [0.3, 0.4) is 0 Å². The van der Waals surface area contributed by atoms with Crippen LogP contribution in [-0.4, -0.2) is 46.8 Å². The molecule has 0 bridgehead atoms. The van der Waals surface area contributed by atoms with Crippen molar-refractivity contribution in [3.63, 3.8) is 0 Å². The quantitative estimate of drug-likeness (QED) is 0.404. The van der Waals surface area contributed by atoms with Crippen LogP contribution < -0.4 is 9.64 Å². The van der Waals surface area contributed by atoms with E-state index in [4.69, 9.17) is 4.74 Å². The number of carbonyl (C=O) groups excluding carboxylic acids is 1. The summed E-state index contributed by atoms with van der Waals surface area (Å²) in [5.41, 5.74) is 3.54. The van der Waals surface area contributed by atoms with Gasteiger partial charge in [0, 0.05) is 31.9 Å². The van der Waals surface area contributed by atoms with E-state index in [1.807, 2.05) is 47.4 Å². The molecular weight excluding hydrogens is 443 g/mol. The molecule has 0 radical (unpaired) electrons. The van der Waals surface area contributed by atoms with Gasteiger partial charge in [-0.2, -0.15) is 5.10 Å². The highest BCUT2D eigenvalue weighted by Crippen LogP contribution is 2.23. The molecule has 178 valence electrons. The SMILES string of the molecule is Cc1cc(C(=O)N2CCN(c3ccc(OCc4ccccc4)cc3)CC2)n(-c2ccccc2F)n1. The zero-order chi connectivity index (χ0) is 24.2. The van der Waals surface area contributed by atoms with E-state index in [9.17, 15) is 9.18 Å². The average molecular weight is 471 g/mol. The van der Waals surface area contributed by atoms with Crippen LogP contribution in [0.1, 0.15) is 21.7 Å². The molecule has 0 saturated carbocycles. The molecule has 0 aliphatic carbocycles. The first-order valence-corrected chi connectivity index (χ1v) is 11.7. The fraction of sp³-hybridized carbons (Fsp3) is 0.214. The van der Waals surface area contributed by atoms with Crippen LogP contribution in [-0.2, 0) is 6.61 Å². The lowest BCUT2D eigenvalue weighted by molar-refractivity contribution is 0.0737. The Morgan fingerprint density at radius 1 is 0.914 bits per heavy atom. The van der Waals surface area contributed by atoms with Crippen molar-refractivity contribution < 1.29 is 13.9 Å². The van der Waals surface area contributed by atoms with Gasteiger partial charge in [-0.15, -0.1) is 0 Å². The second-order valence-corrected chi connectivity index (χ2v) is 8.58. The predicted molar refractivity (Wildman–Crippen MR) is 134 cm³/mol. The Kier molecular flexibility index (Phi) is 6.48. The summed E-state index contributed by atoms with van der Waals surface area (Å²) in [7, 11) is 0. The standard InChI is InChI=1S/C28H27FN4O2/c1-21-19-27(33(30-21)26-10-6-5-9-25(26)29)28(34)32-17-15-31(16-18-32)23-11-13-24(14-12-23)35-20-22-7-3-2-4-8-22/h2-14,19H,15-18,20H2,1H3. The van der Waals surface area contributed by atoms with Gasteiger partial charge in [0.05, 0.1) is 5.69 Å². The zero-order valence-electron chi connectivity index (χ0n) is 19.6. The molecule has 1 saturated heterocycles. The van der Waals surface area contributed by atoms with E-state index >= 15 is 0 Å². The molecule has 35 heavy (non-hydrogen) atoms. The summed E-state index contributed by atoms with van der Waals surface area (Å²) in [6, 6.07) is 26.2. The number of hydrogen-bond donors (Lipinski definition) is 0. The molecule has 2 heterocycles. The van der Waals surface area contributed by atoms with Crippen molar-refractivity contribution in [2.75, 3.05) is 31.1 Å². The van der Waals surface area contributed by atoms with Gasteiger partial charge in [-0.1, -0.05) is 42.5 Å². The van der Waals surface area contributed by atoms with Gasteiger partial charge in [0.1, 0.15) is 29.6 Å². The second kappa shape index (κ2) is 10.0. The van der Waals surface area contributed by atoms with Crippen LogP contribution in [0.5, 0.6) is 5.75 Å². The van der Waals surface area contributed by atoms with Crippen molar-refractivity contribution in [1.82, 2.24) is 14.7 Å². The third kappa shape index (κ3) is 5.04. The molecule has 3 aromatic carbocycles. The number of benzene rings is 3. The van der Waals surface area contributed by atoms with Gasteiger partial charge >= 0.3 is 0 Å². The number of halogens is 1. The first kappa shape index (κ1) is 22.7. The summed E-state index contributed by atoms with van der Waals surface area (Å²) in [5.74, 6) is 0.270. The Morgan fingerprint density at radius 2 is 1.60 bits per heavy atom. The zero-order valence-corrected chi connectivity index (χ0v) is 19.6. The molecule has 0 N–H and O–H groups in total. The summed E-state index contributed by atoms with van der Waals surface area (Å²) in [4.78, 5) is 17.4. The maximum Gasteiger partial charge on any atom is 0.272 e. The maximum absolute atomic E-state index is 14.4. The summed E-state index contributed by atoms with van der Waals surface area (Å²) < 4.78 is 21.7. The smallest absolute Gasteiger partial charge is 0.272 e. The third-order valence-electron chi connectivity index (χ3n) is 6.15. The van der Waals surface area contributed by atoms with Crippen molar-refractivity contribution in [3.8, 4) is 11.4 Å². The van der Waals surface area contributed by atoms with E-state index in [1.54, 1.807) is 31.2 Å². The summed E-state index contributed by atoms with van der Waals surface area (Å²) in [6.07, 6.45) is 0. The number of anilines is 1. The number of piperazine rings is 1. The Labute approximate surface area is 204 Å². The third-order valence-corrected chi connectivity index (χ3v) is 6.15. The van der Waals surface area contributed by atoms with Gasteiger partial charge in [0.15, 0.2) is 0 Å². The van der Waals surface area contributed by atoms with Gasteiger partial charge in [-0.25, -0.2) is 9.07 Å². The first-order valence-electron chi connectivity index (χ1n) is 11.7. The molecule has 4 aromatic rings. The molecule has 1 amide bonds. The molecule has 0 spiro atoms. The number of nitrogens with zero attached hydrogens (tertiary/aromatic N) is 4. The van der Waals surface area contributed by atoms with Crippen molar-refractivity contribution in [2.45, 2.75) is 13.5 Å². The summed E-state index contributed by atoms with van der Waals surface area (Å²) in [5, 5.41) is 4.37. The van der Waals surface area contributed by atoms with Gasteiger partial charge in [-0.3, -0.25) is 4.79 Å². The van der Waals surface area contributed by atoms with E-state index in [-0.39, 0.29) is 11.6 Å². The minimum absolute atomic E-state index is 0.141. The number of ether oxygens (including phenoxy) is 1. The Balaban J connectivity index is 1.21. The molecule has 0 atom stereocenters. The van der Waals surface area contributed by atoms with E-state index in [2.05, 4.69) is 22.1 Å². The molecule has 6 nitrogen and oxygen atoms in total. The lowest BCUT2D eigenvalue weighted by Gasteiger charge is -2.36. The largest absolute Gasteiger partial charge is 0.489 e. The monoisotopic (exact) mass is 470 g/mol. The molecule has 1 aliphatic rings. The molecule has 1 aliphatic heterocycles. The molecule has 5 rings (SSSR count). The highest BCUT2D eigenvalue weighted by molar-refractivity contribution is 5.93. The van der Waals surface area contributed by atoms with Crippen LogP contribution in [0.2, 0.25) is 0 Å². The number of aromatic nitrogens is 2. The fourth-order valence-electron chi connectivity index (χ4n) is 4.28. The van der Waals surface area contributed by atoms with Gasteiger partial charge in [0.2, 0.25) is 0 Å². The summed E-state index contributed by atoms with van der Waals surface area (Å²) >= 11 is 0. The molecule has 1 aromatic heterocycles. The van der Waals surface area contributed by atoms with Crippen molar-refractivity contribution in [1.29, 1.82) is 0 Å². The van der Waals surface area contributed by atoms with Gasteiger partial charge in [-0.05, 0) is 55.0 Å². The fourth-order valence-corrected chi connectivity index (χ4v) is 4.28. The topological polar surface area (TPSA) is 50.6 Å². The highest BCUT2D eigenvalue weighted by atomic mass is 19.1. The van der Waals surface area contributed by atoms with Crippen LogP contribution in [0.4, 0.5) is 10.1 Å². The second-order valence-electron chi connectivity index (χ2n) is 8.58. The molecular formula is C28H27FN4O2. The van der Waals surface area contributed by atoms with Gasteiger partial charge in [0.25, 0.3) is 5.91 Å². The first-order chi connectivity index (χ1) is 17.1. The lowest BCUT2D eigenvalue weighted by atomic mass is 10.2. The van der Waals surface area contributed by atoms with Crippen LogP contribution in [0.25, 0.3) is 5.69 Å². The number of amides is 1. The van der Waals surface area contributed by atoms with E-state index < -0.39 is 5.82 Å². The van der Waals surface area contributed by atoms with Crippen molar-refractivity contribution in [3.05, 3.63) is 108 Å². The van der Waals surface area contributed by atoms with Crippen molar-refractivity contribution >= 4 is 11.6 Å². The minimum atomic E-state index is -0.411. The number of para-hydroxylation sites is 1. The van der Waals surface area contributed by atoms with E-state index in [0.717, 1.165) is 17.0 Å². The Hall–Kier alpha value is -4.13. The van der Waals surface area contributed by atoms with Crippen LogP contribution in [0, 0.1) is 12.7 Å². The molecule has 1 fully saturated rings. The Morgan fingerprint density at radius 3 is 2.31 bits per heavy atom. The number of carbonyl (C=O) groups is 1. The predicted octanol–water partition coefficient (Wildman–Crippen LogP) is 4.86. The highest BCUT2D eigenvalue weighted by Gasteiger charge is 2.26. The van der Waals surface area contributed by atoms with Crippen LogP contribution >= 0.6 is 0 Å². The van der Waals surface area contributed by atoms with Crippen molar-refractivity contribution in [2.24, 2.45) is 0 Å². The number of hydrogen-bond acceptors (Lipinski definition) is 4. The van der Waals surface area contributed by atoms with Crippen LogP contribution in [0.15, 0.2) is 84.9 Å². The number of rotatable bonds is 6. The normalized spacial score (nSPS) is 13.7. The van der Waals surface area contributed by atoms with E-state index in [0.29, 0.717) is 44.2 Å². The average Bonchev–Trinajstić information content (AvgIpc) is 3.29. The summed E-state index contributed by atoms with van der Waals surface area (Å²) in [6.45, 7) is 4.91. The van der Waals surface area contributed by atoms with Gasteiger partial charge < -0.3 is 14.5 Å². The lowest BCUT2D eigenvalue weighted by Crippen LogP contribution is -2.49. The molecule has 0 unspecified atom stereocenters. The Bertz CT molecular complexity index is 1300. The minimum Gasteiger partial charge on any atom is -0.489 e. The number of aryl methyl sites for hydroxylation is 1. The molecule has 7 heteroatoms.